The molecule has 0 bridgehead atoms. The van der Waals surface area contributed by atoms with Crippen molar-refractivity contribution >= 4 is 15.9 Å². The molecule has 0 amide bonds. The predicted octanol–water partition coefficient (Wildman–Crippen LogP) is 5.61. The lowest BCUT2D eigenvalue weighted by molar-refractivity contribution is 0.0165. The zero-order valence-electron chi connectivity index (χ0n) is 13.5. The Kier molecular flexibility index (Phi) is 6.12. The third-order valence-corrected chi connectivity index (χ3v) is 5.01. The molecule has 1 aliphatic heterocycles. The Morgan fingerprint density at radius 2 is 2.10 bits per heavy atom. The van der Waals surface area contributed by atoms with Gasteiger partial charge in [-0.15, -0.1) is 0 Å². The van der Waals surface area contributed by atoms with Gasteiger partial charge in [0.25, 0.3) is 0 Å². The van der Waals surface area contributed by atoms with E-state index in [0.29, 0.717) is 6.04 Å². The normalized spacial score (nSPS) is 24.5. The molecule has 21 heavy (non-hydrogen) atoms. The highest BCUT2D eigenvalue weighted by Gasteiger charge is 2.39. The highest BCUT2D eigenvalue weighted by molar-refractivity contribution is 9.10. The first kappa shape index (κ1) is 16.8. The number of ether oxygens (including phenoxy) is 1. The summed E-state index contributed by atoms with van der Waals surface area (Å²) in [5, 5.41) is 3.72. The van der Waals surface area contributed by atoms with Gasteiger partial charge in [0, 0.05) is 22.5 Å². The number of rotatable bonds is 7. The molecule has 1 aromatic carbocycles. The van der Waals surface area contributed by atoms with Gasteiger partial charge in [-0.05, 0) is 50.4 Å². The summed E-state index contributed by atoms with van der Waals surface area (Å²) in [6.45, 7) is 7.79. The molecule has 0 fully saturated rings. The molecule has 0 saturated heterocycles. The van der Waals surface area contributed by atoms with Crippen LogP contribution in [0.5, 0.6) is 5.75 Å². The van der Waals surface area contributed by atoms with E-state index < -0.39 is 0 Å². The summed E-state index contributed by atoms with van der Waals surface area (Å²) < 4.78 is 7.61. The van der Waals surface area contributed by atoms with E-state index in [1.165, 1.54) is 18.4 Å². The second-order valence-electron chi connectivity index (χ2n) is 6.14. The average Bonchev–Trinajstić information content (AvgIpc) is 2.51. The molecule has 2 rings (SSSR count). The van der Waals surface area contributed by atoms with Gasteiger partial charge in [0.05, 0.1) is 0 Å². The molecule has 1 N–H and O–H groups in total. The third kappa shape index (κ3) is 4.01. The zero-order valence-corrected chi connectivity index (χ0v) is 15.1. The molecular weight excluding hydrogens is 326 g/mol. The first-order valence-electron chi connectivity index (χ1n) is 8.36. The van der Waals surface area contributed by atoms with Gasteiger partial charge in [0.2, 0.25) is 0 Å². The van der Waals surface area contributed by atoms with E-state index in [2.05, 4.69) is 60.2 Å². The van der Waals surface area contributed by atoms with E-state index in [0.717, 1.165) is 42.5 Å². The highest BCUT2D eigenvalue weighted by atomic mass is 79.9. The maximum Gasteiger partial charge on any atom is 0.125 e. The number of hydrogen-bond acceptors (Lipinski definition) is 2. The lowest BCUT2D eigenvalue weighted by atomic mass is 9.82. The van der Waals surface area contributed by atoms with Crippen molar-refractivity contribution in [2.45, 2.75) is 70.9 Å². The summed E-state index contributed by atoms with van der Waals surface area (Å²) >= 11 is 3.59. The fraction of sp³-hybridized carbons (Fsp3) is 0.667. The molecule has 0 aliphatic carbocycles. The lowest BCUT2D eigenvalue weighted by Gasteiger charge is -2.42. The monoisotopic (exact) mass is 353 g/mol. The summed E-state index contributed by atoms with van der Waals surface area (Å²) in [4.78, 5) is 0. The molecule has 2 unspecified atom stereocenters. The van der Waals surface area contributed by atoms with Crippen LogP contribution in [0.2, 0.25) is 0 Å². The number of hydrogen-bond donors (Lipinski definition) is 1. The Morgan fingerprint density at radius 3 is 2.76 bits per heavy atom. The van der Waals surface area contributed by atoms with Crippen LogP contribution in [0.25, 0.3) is 0 Å². The predicted molar refractivity (Wildman–Crippen MR) is 93.0 cm³/mol. The van der Waals surface area contributed by atoms with Crippen molar-refractivity contribution in [3.05, 3.63) is 28.2 Å². The van der Waals surface area contributed by atoms with Gasteiger partial charge in [-0.3, -0.25) is 0 Å². The lowest BCUT2D eigenvalue weighted by Crippen LogP contribution is -2.44. The molecule has 1 aliphatic rings. The Labute approximate surface area is 137 Å². The summed E-state index contributed by atoms with van der Waals surface area (Å²) in [6.07, 6.45) is 6.93. The molecule has 118 valence electrons. The summed E-state index contributed by atoms with van der Waals surface area (Å²) in [5.41, 5.74) is 1.31. The second kappa shape index (κ2) is 7.64. The highest BCUT2D eigenvalue weighted by Crippen LogP contribution is 2.44. The minimum Gasteiger partial charge on any atom is -0.487 e. The van der Waals surface area contributed by atoms with Crippen molar-refractivity contribution in [2.75, 3.05) is 6.54 Å². The van der Waals surface area contributed by atoms with E-state index in [9.17, 15) is 0 Å². The van der Waals surface area contributed by atoms with Gasteiger partial charge in [0.15, 0.2) is 0 Å². The molecule has 2 nitrogen and oxygen atoms in total. The molecule has 3 heteroatoms. The summed E-state index contributed by atoms with van der Waals surface area (Å²) in [7, 11) is 0. The molecule has 1 heterocycles. The first-order chi connectivity index (χ1) is 10.1. The van der Waals surface area contributed by atoms with Gasteiger partial charge in [-0.2, -0.15) is 0 Å². The van der Waals surface area contributed by atoms with Crippen LogP contribution in [0.3, 0.4) is 0 Å². The van der Waals surface area contributed by atoms with Crippen molar-refractivity contribution in [3.63, 3.8) is 0 Å². The second-order valence-corrected chi connectivity index (χ2v) is 7.05. The van der Waals surface area contributed by atoms with Gasteiger partial charge in [-0.25, -0.2) is 0 Å². The summed E-state index contributed by atoms with van der Waals surface area (Å²) in [5.74, 6) is 1.07. The fourth-order valence-corrected chi connectivity index (χ4v) is 3.57. The van der Waals surface area contributed by atoms with Crippen LogP contribution in [0.1, 0.15) is 70.9 Å². The number of halogens is 1. The zero-order chi connectivity index (χ0) is 15.3. The Bertz CT molecular complexity index is 463. The minimum absolute atomic E-state index is 0.00223. The Hall–Kier alpha value is -0.540. The van der Waals surface area contributed by atoms with Crippen LogP contribution in [-0.2, 0) is 0 Å². The molecular formula is C18H28BrNO. The molecule has 1 aromatic rings. The number of fused-ring (bicyclic) bond motifs is 1. The van der Waals surface area contributed by atoms with Crippen LogP contribution >= 0.6 is 15.9 Å². The van der Waals surface area contributed by atoms with E-state index >= 15 is 0 Å². The maximum absolute atomic E-state index is 6.48. The van der Waals surface area contributed by atoms with E-state index in [1.807, 2.05) is 0 Å². The van der Waals surface area contributed by atoms with Crippen LogP contribution in [0, 0.1) is 0 Å². The van der Waals surface area contributed by atoms with Crippen LogP contribution in [0.4, 0.5) is 0 Å². The Morgan fingerprint density at radius 1 is 1.29 bits per heavy atom. The fourth-order valence-electron chi connectivity index (χ4n) is 3.19. The van der Waals surface area contributed by atoms with Crippen LogP contribution in [-0.4, -0.2) is 12.1 Å². The van der Waals surface area contributed by atoms with Crippen molar-refractivity contribution in [2.24, 2.45) is 0 Å². The van der Waals surface area contributed by atoms with Gasteiger partial charge in [-0.1, -0.05) is 43.1 Å². The van der Waals surface area contributed by atoms with Gasteiger partial charge < -0.3 is 10.1 Å². The van der Waals surface area contributed by atoms with Crippen molar-refractivity contribution < 1.29 is 4.74 Å². The van der Waals surface area contributed by atoms with E-state index in [1.54, 1.807) is 0 Å². The largest absolute Gasteiger partial charge is 0.487 e. The molecule has 0 aromatic heterocycles. The number of nitrogens with one attached hydrogen (secondary N) is 1. The first-order valence-corrected chi connectivity index (χ1v) is 9.15. The van der Waals surface area contributed by atoms with E-state index in [4.69, 9.17) is 4.74 Å². The smallest absolute Gasteiger partial charge is 0.125 e. The number of benzene rings is 1. The maximum atomic E-state index is 6.48. The minimum atomic E-state index is 0.00223. The van der Waals surface area contributed by atoms with Crippen molar-refractivity contribution in [1.29, 1.82) is 0 Å². The van der Waals surface area contributed by atoms with Crippen LogP contribution in [0.15, 0.2) is 22.7 Å². The SMILES string of the molecule is CCCCC1(CC)CC(NCCC)c2cc(Br)ccc2O1. The standard InChI is InChI=1S/C18H28BrNO/c1-4-7-10-18(6-3)13-16(20-11-5-2)15-12-14(19)8-9-17(15)21-18/h8-9,12,16,20H,4-7,10-11,13H2,1-3H3. The molecule has 0 radical (unpaired) electrons. The third-order valence-electron chi connectivity index (χ3n) is 4.52. The number of unbranched alkanes of at least 4 members (excludes halogenated alkanes) is 1. The quantitative estimate of drug-likeness (QED) is 0.687. The van der Waals surface area contributed by atoms with Gasteiger partial charge in [0.1, 0.15) is 11.4 Å². The van der Waals surface area contributed by atoms with Gasteiger partial charge >= 0.3 is 0 Å². The van der Waals surface area contributed by atoms with E-state index in [-0.39, 0.29) is 5.60 Å². The van der Waals surface area contributed by atoms with Crippen molar-refractivity contribution in [1.82, 2.24) is 5.32 Å². The summed E-state index contributed by atoms with van der Waals surface area (Å²) in [6, 6.07) is 6.82. The molecule has 0 saturated carbocycles. The average molecular weight is 354 g/mol. The Balaban J connectivity index is 2.29. The topological polar surface area (TPSA) is 21.3 Å². The molecule has 2 atom stereocenters. The van der Waals surface area contributed by atoms with Crippen molar-refractivity contribution in [3.8, 4) is 5.75 Å². The van der Waals surface area contributed by atoms with Crippen LogP contribution < -0.4 is 10.1 Å². The molecule has 0 spiro atoms.